The first kappa shape index (κ1) is 17.8. The van der Waals surface area contributed by atoms with Crippen LogP contribution in [0.1, 0.15) is 17.2 Å². The number of benzene rings is 2. The Morgan fingerprint density at radius 3 is 2.52 bits per heavy atom. The lowest BCUT2D eigenvalue weighted by molar-refractivity contribution is 0.0904. The average molecular weight is 336 g/mol. The minimum atomic E-state index is -0.749. The van der Waals surface area contributed by atoms with Crippen LogP contribution in [0.3, 0.4) is 0 Å². The molecule has 4 nitrogen and oxygen atoms in total. The minimum Gasteiger partial charge on any atom is -0.495 e. The zero-order chi connectivity index (χ0) is 16.7. The zero-order valence-electron chi connectivity index (χ0n) is 13.1. The first-order valence-electron chi connectivity index (χ1n) is 7.55. The van der Waals surface area contributed by atoms with Gasteiger partial charge in [-0.15, -0.1) is 0 Å². The van der Waals surface area contributed by atoms with E-state index in [1.165, 1.54) is 0 Å². The van der Waals surface area contributed by atoms with E-state index < -0.39 is 12.1 Å². The second-order valence-electron chi connectivity index (χ2n) is 5.32. The standard InChI is InChI=1S/C18H22ClNO3/c1-23-17-8-7-13(11-15(17)19)9-10-20-16(12-21)18(22)14-5-3-2-4-6-14/h2-8,11,16,18,20-22H,9-10,12H2,1H3/t16?,18-/m0/s1. The second kappa shape index (κ2) is 8.89. The van der Waals surface area contributed by atoms with Gasteiger partial charge in [0, 0.05) is 0 Å². The van der Waals surface area contributed by atoms with Gasteiger partial charge in [-0.25, -0.2) is 0 Å². The number of nitrogens with one attached hydrogen (secondary N) is 1. The molecule has 0 aliphatic carbocycles. The Labute approximate surface area is 141 Å². The van der Waals surface area contributed by atoms with Gasteiger partial charge in [0.2, 0.25) is 0 Å². The Morgan fingerprint density at radius 1 is 1.17 bits per heavy atom. The maximum Gasteiger partial charge on any atom is 0.137 e. The molecule has 0 saturated heterocycles. The van der Waals surface area contributed by atoms with Crippen molar-refractivity contribution in [1.82, 2.24) is 5.32 Å². The van der Waals surface area contributed by atoms with Crippen molar-refractivity contribution < 1.29 is 14.9 Å². The summed E-state index contributed by atoms with van der Waals surface area (Å²) in [6.07, 6.45) is -0.0116. The van der Waals surface area contributed by atoms with E-state index in [4.69, 9.17) is 16.3 Å². The van der Waals surface area contributed by atoms with E-state index in [0.29, 0.717) is 17.3 Å². The zero-order valence-corrected chi connectivity index (χ0v) is 13.8. The van der Waals surface area contributed by atoms with Gasteiger partial charge in [0.25, 0.3) is 0 Å². The molecule has 0 fully saturated rings. The molecule has 0 spiro atoms. The number of methoxy groups -OCH3 is 1. The number of aliphatic hydroxyl groups excluding tert-OH is 2. The molecular formula is C18H22ClNO3. The third-order valence-corrected chi connectivity index (χ3v) is 4.05. The molecule has 0 radical (unpaired) electrons. The average Bonchev–Trinajstić information content (AvgIpc) is 2.59. The van der Waals surface area contributed by atoms with E-state index in [9.17, 15) is 10.2 Å². The van der Waals surface area contributed by atoms with Gasteiger partial charge in [-0.05, 0) is 36.2 Å². The molecule has 1 unspecified atom stereocenters. The fraction of sp³-hybridized carbons (Fsp3) is 0.333. The smallest absolute Gasteiger partial charge is 0.137 e. The van der Waals surface area contributed by atoms with E-state index in [-0.39, 0.29) is 6.61 Å². The summed E-state index contributed by atoms with van der Waals surface area (Å²) in [4.78, 5) is 0. The number of hydrogen-bond donors (Lipinski definition) is 3. The fourth-order valence-corrected chi connectivity index (χ4v) is 2.71. The summed E-state index contributed by atoms with van der Waals surface area (Å²) < 4.78 is 5.13. The van der Waals surface area contributed by atoms with Crippen LogP contribution in [0.2, 0.25) is 5.02 Å². The van der Waals surface area contributed by atoms with Gasteiger partial charge in [0.1, 0.15) is 5.75 Å². The highest BCUT2D eigenvalue weighted by Gasteiger charge is 2.19. The summed E-state index contributed by atoms with van der Waals surface area (Å²) in [7, 11) is 1.58. The van der Waals surface area contributed by atoms with Crippen molar-refractivity contribution in [2.24, 2.45) is 0 Å². The first-order valence-corrected chi connectivity index (χ1v) is 7.93. The van der Waals surface area contributed by atoms with Crippen LogP contribution >= 0.6 is 11.6 Å². The van der Waals surface area contributed by atoms with Crippen LogP contribution < -0.4 is 10.1 Å². The highest BCUT2D eigenvalue weighted by atomic mass is 35.5. The number of aliphatic hydroxyl groups is 2. The summed E-state index contributed by atoms with van der Waals surface area (Å²) in [5, 5.41) is 23.6. The lowest BCUT2D eigenvalue weighted by Gasteiger charge is -2.22. The summed E-state index contributed by atoms with van der Waals surface area (Å²) in [5.41, 5.74) is 1.85. The normalized spacial score (nSPS) is 13.6. The highest BCUT2D eigenvalue weighted by Crippen LogP contribution is 2.25. The molecule has 0 aromatic heterocycles. The van der Waals surface area contributed by atoms with Crippen molar-refractivity contribution in [2.45, 2.75) is 18.6 Å². The lowest BCUT2D eigenvalue weighted by atomic mass is 10.0. The third-order valence-electron chi connectivity index (χ3n) is 3.76. The molecule has 2 aromatic rings. The Morgan fingerprint density at radius 2 is 1.91 bits per heavy atom. The molecule has 0 aliphatic heterocycles. The quantitative estimate of drug-likeness (QED) is 0.694. The van der Waals surface area contributed by atoms with Crippen molar-refractivity contribution in [3.63, 3.8) is 0 Å². The van der Waals surface area contributed by atoms with Crippen molar-refractivity contribution in [1.29, 1.82) is 0 Å². The molecule has 2 atom stereocenters. The summed E-state index contributed by atoms with van der Waals surface area (Å²) in [6, 6.07) is 14.6. The van der Waals surface area contributed by atoms with Crippen LogP contribution in [0.15, 0.2) is 48.5 Å². The van der Waals surface area contributed by atoms with Crippen molar-refractivity contribution in [3.05, 3.63) is 64.7 Å². The van der Waals surface area contributed by atoms with Crippen molar-refractivity contribution >= 4 is 11.6 Å². The van der Waals surface area contributed by atoms with E-state index in [1.807, 2.05) is 48.5 Å². The van der Waals surface area contributed by atoms with E-state index >= 15 is 0 Å². The molecule has 0 amide bonds. The number of hydrogen-bond acceptors (Lipinski definition) is 4. The molecule has 2 aromatic carbocycles. The van der Waals surface area contributed by atoms with Crippen LogP contribution in [-0.4, -0.2) is 36.5 Å². The summed E-state index contributed by atoms with van der Waals surface area (Å²) in [5.74, 6) is 0.649. The van der Waals surface area contributed by atoms with Gasteiger partial charge in [0.05, 0.1) is 30.9 Å². The van der Waals surface area contributed by atoms with Crippen molar-refractivity contribution in [3.8, 4) is 5.75 Å². The van der Waals surface area contributed by atoms with Crippen LogP contribution in [0.5, 0.6) is 5.75 Å². The summed E-state index contributed by atoms with van der Waals surface area (Å²) >= 11 is 6.10. The Bertz CT molecular complexity index is 606. The maximum atomic E-state index is 10.3. The summed E-state index contributed by atoms with van der Waals surface area (Å²) in [6.45, 7) is 0.483. The Hall–Kier alpha value is -1.59. The molecule has 5 heteroatoms. The monoisotopic (exact) mass is 335 g/mol. The van der Waals surface area contributed by atoms with E-state index in [0.717, 1.165) is 17.5 Å². The molecule has 3 N–H and O–H groups in total. The molecule has 2 rings (SSSR count). The van der Waals surface area contributed by atoms with Crippen LogP contribution in [0.25, 0.3) is 0 Å². The molecule has 23 heavy (non-hydrogen) atoms. The van der Waals surface area contributed by atoms with Crippen molar-refractivity contribution in [2.75, 3.05) is 20.3 Å². The first-order chi connectivity index (χ1) is 11.2. The number of ether oxygens (including phenoxy) is 1. The van der Waals surface area contributed by atoms with Gasteiger partial charge in [0.15, 0.2) is 0 Å². The Kier molecular flexibility index (Phi) is 6.86. The van der Waals surface area contributed by atoms with Crippen LogP contribution in [0, 0.1) is 0 Å². The largest absolute Gasteiger partial charge is 0.495 e. The predicted octanol–water partition coefficient (Wildman–Crippen LogP) is 2.58. The maximum absolute atomic E-state index is 10.3. The fourth-order valence-electron chi connectivity index (χ4n) is 2.43. The SMILES string of the molecule is COc1ccc(CCNC(CO)[C@@H](O)c2ccccc2)cc1Cl. The Balaban J connectivity index is 1.89. The molecule has 124 valence electrons. The van der Waals surface area contributed by atoms with Gasteiger partial charge in [-0.1, -0.05) is 48.0 Å². The topological polar surface area (TPSA) is 61.7 Å². The van der Waals surface area contributed by atoms with Gasteiger partial charge >= 0.3 is 0 Å². The van der Waals surface area contributed by atoms with Gasteiger partial charge < -0.3 is 20.3 Å². The lowest BCUT2D eigenvalue weighted by Crippen LogP contribution is -2.39. The van der Waals surface area contributed by atoms with Gasteiger partial charge in [-0.3, -0.25) is 0 Å². The number of halogens is 1. The van der Waals surface area contributed by atoms with E-state index in [1.54, 1.807) is 7.11 Å². The predicted molar refractivity (Wildman–Crippen MR) is 92.0 cm³/mol. The van der Waals surface area contributed by atoms with Crippen LogP contribution in [-0.2, 0) is 6.42 Å². The molecule has 0 heterocycles. The second-order valence-corrected chi connectivity index (χ2v) is 5.72. The minimum absolute atomic E-state index is 0.139. The number of rotatable bonds is 8. The van der Waals surface area contributed by atoms with E-state index in [2.05, 4.69) is 5.32 Å². The third kappa shape index (κ3) is 4.94. The molecule has 0 aliphatic rings. The molecule has 0 saturated carbocycles. The van der Waals surface area contributed by atoms with Crippen LogP contribution in [0.4, 0.5) is 0 Å². The molecular weight excluding hydrogens is 314 g/mol. The van der Waals surface area contributed by atoms with Gasteiger partial charge in [-0.2, -0.15) is 0 Å². The highest BCUT2D eigenvalue weighted by molar-refractivity contribution is 6.32. The molecule has 0 bridgehead atoms.